The van der Waals surface area contributed by atoms with Crippen LogP contribution in [0.3, 0.4) is 0 Å². The van der Waals surface area contributed by atoms with Crippen LogP contribution in [0.5, 0.6) is 0 Å². The summed E-state index contributed by atoms with van der Waals surface area (Å²) >= 11 is 6.09. The van der Waals surface area contributed by atoms with E-state index in [9.17, 15) is 4.79 Å². The fourth-order valence-electron chi connectivity index (χ4n) is 3.89. The first-order valence-electron chi connectivity index (χ1n) is 9.83. The highest BCUT2D eigenvalue weighted by molar-refractivity contribution is 6.33. The number of nitrogens with one attached hydrogen (secondary N) is 2. The summed E-state index contributed by atoms with van der Waals surface area (Å²) in [6.45, 7) is 0.492. The van der Waals surface area contributed by atoms with Crippen LogP contribution >= 0.6 is 11.6 Å². The molecule has 1 aliphatic carbocycles. The zero-order valence-electron chi connectivity index (χ0n) is 15.7. The van der Waals surface area contributed by atoms with E-state index in [0.717, 1.165) is 29.8 Å². The molecule has 146 valence electrons. The zero-order chi connectivity index (χ0) is 19.3. The number of hydrogen-bond donors (Lipinski definition) is 2. The van der Waals surface area contributed by atoms with Crippen LogP contribution in [0.2, 0.25) is 5.02 Å². The fourth-order valence-corrected chi connectivity index (χ4v) is 4.08. The summed E-state index contributed by atoms with van der Waals surface area (Å²) in [7, 11) is 0. The number of rotatable bonds is 5. The number of benzene rings is 1. The Balaban J connectivity index is 1.44. The number of imidazole rings is 1. The van der Waals surface area contributed by atoms with Gasteiger partial charge in [0.2, 0.25) is 0 Å². The Kier molecular flexibility index (Phi) is 5.76. The van der Waals surface area contributed by atoms with E-state index in [1.165, 1.54) is 19.3 Å². The normalized spacial score (nSPS) is 14.9. The van der Waals surface area contributed by atoms with E-state index >= 15 is 0 Å². The first-order valence-corrected chi connectivity index (χ1v) is 10.2. The van der Waals surface area contributed by atoms with Gasteiger partial charge in [-0.2, -0.15) is 0 Å². The molecule has 0 saturated heterocycles. The third-order valence-corrected chi connectivity index (χ3v) is 5.55. The zero-order valence-corrected chi connectivity index (χ0v) is 16.5. The molecule has 0 radical (unpaired) electrons. The number of aromatic nitrogens is 3. The SMILES string of the molecule is O=C(NCCc1nc2cccnc2n1C1CCCCC1)Nc1ccccc1Cl. The number of halogens is 1. The molecule has 3 aromatic rings. The van der Waals surface area contributed by atoms with Crippen molar-refractivity contribution in [1.82, 2.24) is 19.9 Å². The topological polar surface area (TPSA) is 71.8 Å². The molecule has 7 heteroatoms. The van der Waals surface area contributed by atoms with E-state index in [4.69, 9.17) is 16.6 Å². The largest absolute Gasteiger partial charge is 0.337 e. The number of carbonyl (C=O) groups is 1. The fraction of sp³-hybridized carbons (Fsp3) is 0.381. The Morgan fingerprint density at radius 3 is 2.79 bits per heavy atom. The van der Waals surface area contributed by atoms with E-state index in [2.05, 4.69) is 20.2 Å². The van der Waals surface area contributed by atoms with Gasteiger partial charge in [0.05, 0.1) is 10.7 Å². The van der Waals surface area contributed by atoms with Gasteiger partial charge in [-0.05, 0) is 37.1 Å². The molecule has 1 fully saturated rings. The average Bonchev–Trinajstić information content (AvgIpc) is 3.08. The molecule has 6 nitrogen and oxygen atoms in total. The monoisotopic (exact) mass is 397 g/mol. The second-order valence-corrected chi connectivity index (χ2v) is 7.55. The van der Waals surface area contributed by atoms with Crippen molar-refractivity contribution in [2.75, 3.05) is 11.9 Å². The number of amides is 2. The second kappa shape index (κ2) is 8.61. The molecule has 1 saturated carbocycles. The molecule has 2 aromatic heterocycles. The lowest BCUT2D eigenvalue weighted by atomic mass is 9.95. The molecule has 4 rings (SSSR count). The molecular weight excluding hydrogens is 374 g/mol. The molecule has 1 aromatic carbocycles. The molecule has 0 atom stereocenters. The molecule has 0 spiro atoms. The number of hydrogen-bond acceptors (Lipinski definition) is 3. The summed E-state index contributed by atoms with van der Waals surface area (Å²) in [5.74, 6) is 0.985. The van der Waals surface area contributed by atoms with Crippen LogP contribution < -0.4 is 10.6 Å². The van der Waals surface area contributed by atoms with Crippen molar-refractivity contribution in [3.8, 4) is 0 Å². The summed E-state index contributed by atoms with van der Waals surface area (Å²) < 4.78 is 2.29. The maximum Gasteiger partial charge on any atom is 0.319 e. The van der Waals surface area contributed by atoms with Gasteiger partial charge >= 0.3 is 6.03 Å². The Morgan fingerprint density at radius 2 is 1.96 bits per heavy atom. The van der Waals surface area contributed by atoms with Gasteiger partial charge in [0.15, 0.2) is 5.65 Å². The standard InChI is InChI=1S/C21H24ClN5O/c22-16-9-4-5-10-17(16)26-21(28)24-14-12-19-25-18-11-6-13-23-20(18)27(19)15-7-2-1-3-8-15/h4-6,9-11,13,15H,1-3,7-8,12,14H2,(H2,24,26,28). The van der Waals surface area contributed by atoms with Crippen molar-refractivity contribution in [1.29, 1.82) is 0 Å². The molecule has 0 aliphatic heterocycles. The Bertz CT molecular complexity index is 964. The molecule has 0 unspecified atom stereocenters. The number of anilines is 1. The third kappa shape index (κ3) is 4.12. The smallest absolute Gasteiger partial charge is 0.319 e. The third-order valence-electron chi connectivity index (χ3n) is 5.22. The summed E-state index contributed by atoms with van der Waals surface area (Å²) in [6, 6.07) is 11.3. The summed E-state index contributed by atoms with van der Waals surface area (Å²) in [5, 5.41) is 6.19. The van der Waals surface area contributed by atoms with Gasteiger partial charge in [0.1, 0.15) is 11.3 Å². The van der Waals surface area contributed by atoms with Gasteiger partial charge in [-0.25, -0.2) is 14.8 Å². The van der Waals surface area contributed by atoms with E-state index in [1.807, 2.05) is 30.5 Å². The van der Waals surface area contributed by atoms with Gasteiger partial charge < -0.3 is 15.2 Å². The number of urea groups is 1. The van der Waals surface area contributed by atoms with Crippen LogP contribution in [0, 0.1) is 0 Å². The molecular formula is C21H24ClN5O. The van der Waals surface area contributed by atoms with Crippen LogP contribution in [0.1, 0.15) is 44.0 Å². The Morgan fingerprint density at radius 1 is 1.14 bits per heavy atom. The maximum atomic E-state index is 12.2. The molecule has 28 heavy (non-hydrogen) atoms. The highest BCUT2D eigenvalue weighted by Crippen LogP contribution is 2.31. The lowest BCUT2D eigenvalue weighted by molar-refractivity contribution is 0.252. The van der Waals surface area contributed by atoms with Crippen LogP contribution in [0.4, 0.5) is 10.5 Å². The molecule has 2 N–H and O–H groups in total. The Labute approximate surface area is 169 Å². The summed E-state index contributed by atoms with van der Waals surface area (Å²) in [6.07, 6.45) is 8.59. The molecule has 2 heterocycles. The van der Waals surface area contributed by atoms with Crippen molar-refractivity contribution in [2.24, 2.45) is 0 Å². The Hall–Kier alpha value is -2.60. The lowest BCUT2D eigenvalue weighted by Crippen LogP contribution is -2.31. The van der Waals surface area contributed by atoms with Gasteiger partial charge in [0.25, 0.3) is 0 Å². The average molecular weight is 398 g/mol. The van der Waals surface area contributed by atoms with Crippen LogP contribution in [0.15, 0.2) is 42.6 Å². The molecule has 1 aliphatic rings. The van der Waals surface area contributed by atoms with Gasteiger partial charge in [-0.15, -0.1) is 0 Å². The minimum Gasteiger partial charge on any atom is -0.337 e. The number of pyridine rings is 1. The van der Waals surface area contributed by atoms with Crippen molar-refractivity contribution < 1.29 is 4.79 Å². The predicted octanol–water partition coefficient (Wildman–Crippen LogP) is 4.95. The second-order valence-electron chi connectivity index (χ2n) is 7.15. The first kappa shape index (κ1) is 18.7. The van der Waals surface area contributed by atoms with Crippen LogP contribution in [-0.2, 0) is 6.42 Å². The van der Waals surface area contributed by atoms with Crippen molar-refractivity contribution >= 4 is 34.5 Å². The number of fused-ring (bicyclic) bond motifs is 1. The van der Waals surface area contributed by atoms with Crippen molar-refractivity contribution in [2.45, 2.75) is 44.6 Å². The van der Waals surface area contributed by atoms with Gasteiger partial charge in [-0.3, -0.25) is 0 Å². The minimum absolute atomic E-state index is 0.272. The molecule has 0 bridgehead atoms. The summed E-state index contributed by atoms with van der Waals surface area (Å²) in [5.41, 5.74) is 2.47. The number of nitrogens with zero attached hydrogens (tertiary/aromatic N) is 3. The first-order chi connectivity index (χ1) is 13.7. The van der Waals surface area contributed by atoms with E-state index in [-0.39, 0.29) is 6.03 Å². The van der Waals surface area contributed by atoms with Crippen LogP contribution in [0.25, 0.3) is 11.2 Å². The highest BCUT2D eigenvalue weighted by Gasteiger charge is 2.22. The van der Waals surface area contributed by atoms with Crippen LogP contribution in [-0.4, -0.2) is 27.1 Å². The highest BCUT2D eigenvalue weighted by atomic mass is 35.5. The maximum absolute atomic E-state index is 12.2. The van der Waals surface area contributed by atoms with Crippen molar-refractivity contribution in [3.05, 3.63) is 53.4 Å². The summed E-state index contributed by atoms with van der Waals surface area (Å²) in [4.78, 5) is 21.6. The van der Waals surface area contributed by atoms with Crippen molar-refractivity contribution in [3.63, 3.8) is 0 Å². The number of para-hydroxylation sites is 1. The van der Waals surface area contributed by atoms with E-state index < -0.39 is 0 Å². The quantitative estimate of drug-likeness (QED) is 0.639. The lowest BCUT2D eigenvalue weighted by Gasteiger charge is -2.25. The molecule has 2 amide bonds. The minimum atomic E-state index is -0.272. The number of carbonyl (C=O) groups excluding carboxylic acids is 1. The van der Waals surface area contributed by atoms with Gasteiger partial charge in [0, 0.05) is 25.2 Å². The van der Waals surface area contributed by atoms with E-state index in [0.29, 0.717) is 29.7 Å². The predicted molar refractivity (Wildman–Crippen MR) is 112 cm³/mol. The van der Waals surface area contributed by atoms with Gasteiger partial charge in [-0.1, -0.05) is 43.0 Å². The van der Waals surface area contributed by atoms with E-state index in [1.54, 1.807) is 12.1 Å².